The second kappa shape index (κ2) is 6.03. The Kier molecular flexibility index (Phi) is 4.60. The number of rotatable bonds is 3. The van der Waals surface area contributed by atoms with Crippen LogP contribution in [0.2, 0.25) is 10.2 Å². The van der Waals surface area contributed by atoms with E-state index in [1.54, 1.807) is 0 Å². The van der Waals surface area contributed by atoms with Crippen molar-refractivity contribution in [3.8, 4) is 0 Å². The molecule has 1 aliphatic heterocycles. The van der Waals surface area contributed by atoms with Crippen LogP contribution in [-0.4, -0.2) is 29.0 Å². The molecule has 1 aromatic heterocycles. The molecule has 1 fully saturated rings. The van der Waals surface area contributed by atoms with Gasteiger partial charge in [-0.2, -0.15) is 0 Å². The van der Waals surface area contributed by atoms with Gasteiger partial charge in [0.2, 0.25) is 5.91 Å². The Labute approximate surface area is 122 Å². The van der Waals surface area contributed by atoms with E-state index in [2.05, 4.69) is 20.6 Å². The molecule has 19 heavy (non-hydrogen) atoms. The van der Waals surface area contributed by atoms with Crippen LogP contribution in [0, 0.1) is 5.41 Å². The van der Waals surface area contributed by atoms with E-state index in [0.717, 1.165) is 25.8 Å². The van der Waals surface area contributed by atoms with Crippen molar-refractivity contribution in [3.63, 3.8) is 0 Å². The van der Waals surface area contributed by atoms with Gasteiger partial charge in [-0.05, 0) is 25.8 Å². The summed E-state index contributed by atoms with van der Waals surface area (Å²) in [5.74, 6) is 0.198. The molecule has 5 nitrogen and oxygen atoms in total. The highest BCUT2D eigenvalue weighted by molar-refractivity contribution is 6.42. The molecule has 1 atom stereocenters. The van der Waals surface area contributed by atoms with Gasteiger partial charge in [0.15, 0.2) is 11.0 Å². The summed E-state index contributed by atoms with van der Waals surface area (Å²) in [6.45, 7) is 3.64. The fourth-order valence-electron chi connectivity index (χ4n) is 2.30. The SMILES string of the molecule is CCC1(C(=O)Nc2ncnc(Cl)c2Cl)CCCNC1. The predicted octanol–water partition coefficient (Wildman–Crippen LogP) is 2.50. The van der Waals surface area contributed by atoms with Crippen molar-refractivity contribution in [1.29, 1.82) is 0 Å². The standard InChI is InChI=1S/C12H16Cl2N4O/c1-2-12(4-3-5-15-6-12)11(19)18-10-8(13)9(14)16-7-17-10/h7,15H,2-6H2,1H3,(H,16,17,18,19). The number of hydrogen-bond acceptors (Lipinski definition) is 4. The number of anilines is 1. The largest absolute Gasteiger partial charge is 0.316 e. The summed E-state index contributed by atoms with van der Waals surface area (Å²) in [4.78, 5) is 20.2. The van der Waals surface area contributed by atoms with Crippen molar-refractivity contribution >= 4 is 34.9 Å². The van der Waals surface area contributed by atoms with E-state index in [4.69, 9.17) is 23.2 Å². The zero-order valence-electron chi connectivity index (χ0n) is 10.7. The Hall–Kier alpha value is -0.910. The van der Waals surface area contributed by atoms with Crippen molar-refractivity contribution in [2.45, 2.75) is 26.2 Å². The predicted molar refractivity (Wildman–Crippen MR) is 75.5 cm³/mol. The van der Waals surface area contributed by atoms with Crippen LogP contribution in [0.3, 0.4) is 0 Å². The van der Waals surface area contributed by atoms with Crippen molar-refractivity contribution in [2.75, 3.05) is 18.4 Å². The van der Waals surface area contributed by atoms with Gasteiger partial charge in [0.05, 0.1) is 5.41 Å². The number of amides is 1. The molecule has 1 unspecified atom stereocenters. The fraction of sp³-hybridized carbons (Fsp3) is 0.583. The molecule has 7 heteroatoms. The van der Waals surface area contributed by atoms with Crippen molar-refractivity contribution < 1.29 is 4.79 Å². The summed E-state index contributed by atoms with van der Waals surface area (Å²) in [7, 11) is 0. The van der Waals surface area contributed by atoms with E-state index < -0.39 is 5.41 Å². The van der Waals surface area contributed by atoms with Crippen LogP contribution in [0.5, 0.6) is 0 Å². The van der Waals surface area contributed by atoms with Gasteiger partial charge in [0.1, 0.15) is 11.3 Å². The van der Waals surface area contributed by atoms with Crippen molar-refractivity contribution in [2.24, 2.45) is 5.41 Å². The number of piperidine rings is 1. The summed E-state index contributed by atoms with van der Waals surface area (Å²) in [5.41, 5.74) is -0.404. The Morgan fingerprint density at radius 2 is 2.32 bits per heavy atom. The molecular weight excluding hydrogens is 287 g/mol. The average molecular weight is 303 g/mol. The zero-order chi connectivity index (χ0) is 13.9. The molecule has 1 amide bonds. The maximum atomic E-state index is 12.5. The number of nitrogens with one attached hydrogen (secondary N) is 2. The van der Waals surface area contributed by atoms with Crippen LogP contribution in [0.25, 0.3) is 0 Å². The van der Waals surface area contributed by atoms with E-state index in [-0.39, 0.29) is 21.9 Å². The lowest BCUT2D eigenvalue weighted by Gasteiger charge is -2.35. The maximum absolute atomic E-state index is 12.5. The van der Waals surface area contributed by atoms with Crippen LogP contribution in [0.1, 0.15) is 26.2 Å². The topological polar surface area (TPSA) is 66.9 Å². The summed E-state index contributed by atoms with van der Waals surface area (Å²) >= 11 is 11.8. The van der Waals surface area contributed by atoms with E-state index in [9.17, 15) is 4.79 Å². The normalized spacial score (nSPS) is 23.1. The summed E-state index contributed by atoms with van der Waals surface area (Å²) in [6.07, 6.45) is 3.89. The first-order valence-corrected chi connectivity index (χ1v) is 7.03. The zero-order valence-corrected chi connectivity index (χ0v) is 12.2. The third kappa shape index (κ3) is 2.99. The fourth-order valence-corrected chi connectivity index (χ4v) is 2.58. The molecule has 1 saturated heterocycles. The van der Waals surface area contributed by atoms with Gasteiger partial charge in [-0.15, -0.1) is 0 Å². The molecule has 0 aromatic carbocycles. The molecule has 0 aliphatic carbocycles. The quantitative estimate of drug-likeness (QED) is 0.842. The minimum Gasteiger partial charge on any atom is -0.316 e. The van der Waals surface area contributed by atoms with E-state index in [1.807, 2.05) is 6.92 Å². The summed E-state index contributed by atoms with van der Waals surface area (Å²) in [5, 5.41) is 6.34. The molecule has 0 saturated carbocycles. The third-order valence-corrected chi connectivity index (χ3v) is 4.35. The van der Waals surface area contributed by atoms with Gasteiger partial charge in [0, 0.05) is 6.54 Å². The van der Waals surface area contributed by atoms with Crippen LogP contribution < -0.4 is 10.6 Å². The number of carbonyl (C=O) groups excluding carboxylic acids is 1. The Bertz CT molecular complexity index is 475. The van der Waals surface area contributed by atoms with Gasteiger partial charge in [-0.3, -0.25) is 4.79 Å². The first-order valence-electron chi connectivity index (χ1n) is 6.27. The number of aromatic nitrogens is 2. The number of carbonyl (C=O) groups is 1. The average Bonchev–Trinajstić information content (AvgIpc) is 2.44. The lowest BCUT2D eigenvalue weighted by Crippen LogP contribution is -2.47. The minimum atomic E-state index is -0.404. The summed E-state index contributed by atoms with van der Waals surface area (Å²) in [6, 6.07) is 0. The second-order valence-corrected chi connectivity index (χ2v) is 5.43. The Morgan fingerprint density at radius 1 is 1.53 bits per heavy atom. The molecule has 2 N–H and O–H groups in total. The molecule has 0 bridgehead atoms. The molecule has 0 spiro atoms. The first-order chi connectivity index (χ1) is 9.09. The lowest BCUT2D eigenvalue weighted by molar-refractivity contribution is -0.126. The summed E-state index contributed by atoms with van der Waals surface area (Å²) < 4.78 is 0. The van der Waals surface area contributed by atoms with Gasteiger partial charge in [-0.1, -0.05) is 30.1 Å². The highest BCUT2D eigenvalue weighted by Crippen LogP contribution is 2.33. The first kappa shape index (κ1) is 14.5. The van der Waals surface area contributed by atoms with Gasteiger partial charge >= 0.3 is 0 Å². The Morgan fingerprint density at radius 3 is 2.95 bits per heavy atom. The van der Waals surface area contributed by atoms with Crippen LogP contribution in [-0.2, 0) is 4.79 Å². The van der Waals surface area contributed by atoms with E-state index >= 15 is 0 Å². The maximum Gasteiger partial charge on any atom is 0.233 e. The lowest BCUT2D eigenvalue weighted by atomic mass is 9.77. The van der Waals surface area contributed by atoms with Crippen molar-refractivity contribution in [1.82, 2.24) is 15.3 Å². The molecule has 2 heterocycles. The monoisotopic (exact) mass is 302 g/mol. The highest BCUT2D eigenvalue weighted by atomic mass is 35.5. The molecule has 1 aliphatic rings. The van der Waals surface area contributed by atoms with Crippen LogP contribution in [0.15, 0.2) is 6.33 Å². The Balaban J connectivity index is 2.17. The molecular formula is C12H16Cl2N4O. The highest BCUT2D eigenvalue weighted by Gasteiger charge is 2.38. The minimum absolute atomic E-state index is 0.0705. The van der Waals surface area contributed by atoms with Crippen LogP contribution >= 0.6 is 23.2 Å². The third-order valence-electron chi connectivity index (χ3n) is 3.61. The van der Waals surface area contributed by atoms with Gasteiger partial charge in [-0.25, -0.2) is 9.97 Å². The molecule has 104 valence electrons. The van der Waals surface area contributed by atoms with Crippen molar-refractivity contribution in [3.05, 3.63) is 16.5 Å². The van der Waals surface area contributed by atoms with E-state index in [0.29, 0.717) is 6.54 Å². The number of halogens is 2. The van der Waals surface area contributed by atoms with Gasteiger partial charge < -0.3 is 10.6 Å². The van der Waals surface area contributed by atoms with E-state index in [1.165, 1.54) is 6.33 Å². The van der Waals surface area contributed by atoms with Crippen LogP contribution in [0.4, 0.5) is 5.82 Å². The smallest absolute Gasteiger partial charge is 0.233 e. The molecule has 2 rings (SSSR count). The molecule has 1 aromatic rings. The number of hydrogen-bond donors (Lipinski definition) is 2. The number of nitrogens with zero attached hydrogens (tertiary/aromatic N) is 2. The van der Waals surface area contributed by atoms with Gasteiger partial charge in [0.25, 0.3) is 0 Å². The second-order valence-electron chi connectivity index (χ2n) is 4.70. The molecule has 0 radical (unpaired) electrons.